The molecule has 14 heteroatoms. The van der Waals surface area contributed by atoms with E-state index in [9.17, 15) is 19.2 Å². The second-order valence-corrected chi connectivity index (χ2v) is 10.1. The second kappa shape index (κ2) is 13.0. The van der Waals surface area contributed by atoms with E-state index >= 15 is 0 Å². The molecule has 3 amide bonds. The highest BCUT2D eigenvalue weighted by Crippen LogP contribution is 2.20. The summed E-state index contributed by atoms with van der Waals surface area (Å²) in [5, 5.41) is 25.9. The molecule has 0 bridgehead atoms. The third kappa shape index (κ3) is 7.65. The van der Waals surface area contributed by atoms with Gasteiger partial charge in [-0.2, -0.15) is 16.4 Å². The molecule has 0 spiro atoms. The van der Waals surface area contributed by atoms with Gasteiger partial charge in [-0.05, 0) is 59.0 Å². The number of benzene rings is 2. The predicted octanol–water partition coefficient (Wildman–Crippen LogP) is 2.12. The molecular weight excluding hydrogens is 546 g/mol. The number of rotatable bonds is 9. The van der Waals surface area contributed by atoms with E-state index in [1.807, 2.05) is 0 Å². The Morgan fingerprint density at radius 2 is 1.85 bits per heavy atom. The average molecular weight is 570 g/mol. The van der Waals surface area contributed by atoms with Gasteiger partial charge in [0.05, 0.1) is 17.7 Å². The molecule has 0 radical (unpaired) electrons. The van der Waals surface area contributed by atoms with Crippen molar-refractivity contribution in [2.45, 2.75) is 12.5 Å². The zero-order chi connectivity index (χ0) is 27.8. The fourth-order valence-electron chi connectivity index (χ4n) is 3.78. The van der Waals surface area contributed by atoms with Gasteiger partial charge in [-0.15, -0.1) is 5.10 Å². The molecule has 1 aliphatic heterocycles. The van der Waals surface area contributed by atoms with Crippen LogP contribution in [-0.2, 0) is 14.4 Å². The van der Waals surface area contributed by atoms with Gasteiger partial charge >= 0.3 is 5.97 Å². The molecule has 3 N–H and O–H groups in total. The van der Waals surface area contributed by atoms with Crippen molar-refractivity contribution in [1.82, 2.24) is 30.4 Å². The quantitative estimate of drug-likeness (QED) is 0.328. The summed E-state index contributed by atoms with van der Waals surface area (Å²) in [6.07, 6.45) is 3.88. The summed E-state index contributed by atoms with van der Waals surface area (Å²) in [7, 11) is 0. The molecule has 0 unspecified atom stereocenters. The number of carbonyl (C=O) groups is 4. The predicted molar refractivity (Wildman–Crippen MR) is 146 cm³/mol. The SMILES string of the molecule is O=C(/C=C/c1cc(Cl)ccc1-n1cnnn1)N[C@@H](CC(=O)N1CCSCC1)C(=O)Nc1ccc(C(=O)O)cc1. The number of amides is 3. The maximum Gasteiger partial charge on any atom is 0.335 e. The van der Waals surface area contributed by atoms with Gasteiger partial charge in [0.2, 0.25) is 17.7 Å². The first kappa shape index (κ1) is 27.8. The van der Waals surface area contributed by atoms with Crippen LogP contribution in [0, 0.1) is 0 Å². The van der Waals surface area contributed by atoms with Crippen molar-refractivity contribution in [2.75, 3.05) is 29.9 Å². The van der Waals surface area contributed by atoms with Crippen LogP contribution in [0.15, 0.2) is 54.9 Å². The molecule has 4 rings (SSSR count). The monoisotopic (exact) mass is 569 g/mol. The number of nitrogens with zero attached hydrogens (tertiary/aromatic N) is 5. The lowest BCUT2D eigenvalue weighted by atomic mass is 10.1. The third-order valence-electron chi connectivity index (χ3n) is 5.77. The number of aromatic carboxylic acids is 1. The summed E-state index contributed by atoms with van der Waals surface area (Å²) >= 11 is 7.88. The van der Waals surface area contributed by atoms with Crippen LogP contribution in [-0.4, -0.2) is 84.5 Å². The van der Waals surface area contributed by atoms with Crippen LogP contribution < -0.4 is 10.6 Å². The van der Waals surface area contributed by atoms with E-state index in [0.717, 1.165) is 11.5 Å². The maximum absolute atomic E-state index is 13.1. The van der Waals surface area contributed by atoms with Crippen LogP contribution >= 0.6 is 23.4 Å². The third-order valence-corrected chi connectivity index (χ3v) is 6.95. The van der Waals surface area contributed by atoms with Crippen molar-refractivity contribution in [2.24, 2.45) is 0 Å². The highest BCUT2D eigenvalue weighted by Gasteiger charge is 2.27. The number of carboxylic acid groups (broad SMARTS) is 1. The van der Waals surface area contributed by atoms with Gasteiger partial charge in [0.25, 0.3) is 0 Å². The Morgan fingerprint density at radius 1 is 1.10 bits per heavy atom. The lowest BCUT2D eigenvalue weighted by molar-refractivity contribution is -0.134. The van der Waals surface area contributed by atoms with Gasteiger partial charge in [0, 0.05) is 46.9 Å². The smallest absolute Gasteiger partial charge is 0.335 e. The lowest BCUT2D eigenvalue weighted by Crippen LogP contribution is -2.48. The molecule has 1 aromatic heterocycles. The van der Waals surface area contributed by atoms with Gasteiger partial charge in [0.1, 0.15) is 12.4 Å². The Kier molecular flexibility index (Phi) is 9.28. The van der Waals surface area contributed by atoms with Crippen LogP contribution in [0.5, 0.6) is 0 Å². The number of carbonyl (C=O) groups excluding carboxylic acids is 3. The Bertz CT molecular complexity index is 1380. The van der Waals surface area contributed by atoms with Crippen LogP contribution in [0.3, 0.4) is 0 Å². The van der Waals surface area contributed by atoms with Gasteiger partial charge in [0.15, 0.2) is 0 Å². The number of thioether (sulfide) groups is 1. The highest BCUT2D eigenvalue weighted by atomic mass is 35.5. The van der Waals surface area contributed by atoms with Crippen LogP contribution in [0.2, 0.25) is 5.02 Å². The van der Waals surface area contributed by atoms with Crippen molar-refractivity contribution in [3.05, 3.63) is 71.0 Å². The number of hydrogen-bond acceptors (Lipinski definition) is 8. The number of tetrazole rings is 1. The molecule has 39 heavy (non-hydrogen) atoms. The molecule has 1 atom stereocenters. The number of aromatic nitrogens is 4. The maximum atomic E-state index is 13.1. The van der Waals surface area contributed by atoms with Gasteiger partial charge in [-0.3, -0.25) is 14.4 Å². The first-order chi connectivity index (χ1) is 18.8. The minimum absolute atomic E-state index is 0.0585. The Hall–Kier alpha value is -4.23. The molecule has 1 saturated heterocycles. The fraction of sp³-hybridized carbons (Fsp3) is 0.240. The zero-order valence-corrected chi connectivity index (χ0v) is 22.1. The molecule has 0 saturated carbocycles. The molecule has 1 aliphatic rings. The number of halogens is 1. The summed E-state index contributed by atoms with van der Waals surface area (Å²) < 4.78 is 1.41. The highest BCUT2D eigenvalue weighted by molar-refractivity contribution is 7.99. The van der Waals surface area contributed by atoms with Crippen molar-refractivity contribution in [1.29, 1.82) is 0 Å². The van der Waals surface area contributed by atoms with Crippen molar-refractivity contribution < 1.29 is 24.3 Å². The molecule has 0 aliphatic carbocycles. The first-order valence-corrected chi connectivity index (χ1v) is 13.3. The van der Waals surface area contributed by atoms with Crippen molar-refractivity contribution >= 4 is 58.8 Å². The van der Waals surface area contributed by atoms with E-state index in [2.05, 4.69) is 26.2 Å². The topological polar surface area (TPSA) is 159 Å². The molecule has 2 heterocycles. The van der Waals surface area contributed by atoms with E-state index in [4.69, 9.17) is 16.7 Å². The van der Waals surface area contributed by atoms with Gasteiger partial charge < -0.3 is 20.6 Å². The summed E-state index contributed by atoms with van der Waals surface area (Å²) in [6, 6.07) is 9.36. The normalized spacial score (nSPS) is 14.1. The number of anilines is 1. The standard InChI is InChI=1S/C25H24ClN7O5S/c26-18-4-7-21(33-15-27-30-31-33)17(13-18)3-8-22(34)29-20(14-23(35)32-9-11-39-12-10-32)24(36)28-19-5-1-16(2-6-19)25(37)38/h1-8,13,15,20H,9-12,14H2,(H,28,36)(H,29,34)(H,37,38)/b8-3+/t20-/m0/s1. The molecule has 1 fully saturated rings. The molecule has 12 nitrogen and oxygen atoms in total. The number of nitrogens with one attached hydrogen (secondary N) is 2. The molecule has 202 valence electrons. The summed E-state index contributed by atoms with van der Waals surface area (Å²) in [5.41, 5.74) is 1.51. The Labute approximate surface area is 232 Å². The molecular formula is C25H24ClN7O5S. The van der Waals surface area contributed by atoms with Crippen molar-refractivity contribution in [3.63, 3.8) is 0 Å². The van der Waals surface area contributed by atoms with E-state index in [-0.39, 0.29) is 17.9 Å². The number of hydrogen-bond donors (Lipinski definition) is 3. The Morgan fingerprint density at radius 3 is 2.51 bits per heavy atom. The summed E-state index contributed by atoms with van der Waals surface area (Å²) in [4.78, 5) is 51.7. The van der Waals surface area contributed by atoms with Crippen LogP contribution in [0.1, 0.15) is 22.3 Å². The van der Waals surface area contributed by atoms with Crippen LogP contribution in [0.4, 0.5) is 5.69 Å². The van der Waals surface area contributed by atoms with E-state index < -0.39 is 23.8 Å². The second-order valence-electron chi connectivity index (χ2n) is 8.42. The van der Waals surface area contributed by atoms with Gasteiger partial charge in [-0.1, -0.05) is 11.6 Å². The summed E-state index contributed by atoms with van der Waals surface area (Å²) in [6.45, 7) is 1.13. The zero-order valence-electron chi connectivity index (χ0n) is 20.5. The van der Waals surface area contributed by atoms with Crippen molar-refractivity contribution in [3.8, 4) is 5.69 Å². The number of carboxylic acids is 1. The Balaban J connectivity index is 1.50. The van der Waals surface area contributed by atoms with Crippen LogP contribution in [0.25, 0.3) is 11.8 Å². The summed E-state index contributed by atoms with van der Waals surface area (Å²) in [5.74, 6) is -0.971. The molecule has 2 aromatic carbocycles. The first-order valence-electron chi connectivity index (χ1n) is 11.8. The van der Waals surface area contributed by atoms with E-state index in [1.165, 1.54) is 47.4 Å². The minimum Gasteiger partial charge on any atom is -0.478 e. The minimum atomic E-state index is -1.18. The fourth-order valence-corrected chi connectivity index (χ4v) is 4.86. The van der Waals surface area contributed by atoms with E-state index in [1.54, 1.807) is 34.9 Å². The molecule has 3 aromatic rings. The van der Waals surface area contributed by atoms with E-state index in [0.29, 0.717) is 35.1 Å². The van der Waals surface area contributed by atoms with Gasteiger partial charge in [-0.25, -0.2) is 4.79 Å². The lowest BCUT2D eigenvalue weighted by Gasteiger charge is -2.28. The largest absolute Gasteiger partial charge is 0.478 e. The average Bonchev–Trinajstić information content (AvgIpc) is 3.47.